The summed E-state index contributed by atoms with van der Waals surface area (Å²) in [5.41, 5.74) is 5.59. The number of nitriles is 1. The van der Waals surface area contributed by atoms with Crippen molar-refractivity contribution in [1.29, 1.82) is 5.26 Å². The van der Waals surface area contributed by atoms with Gasteiger partial charge in [0.1, 0.15) is 53.7 Å². The minimum absolute atomic E-state index is 0.0117. The summed E-state index contributed by atoms with van der Waals surface area (Å²) in [5, 5.41) is 14.4. The van der Waals surface area contributed by atoms with Crippen LogP contribution in [0.15, 0.2) is 30.9 Å². The predicted molar refractivity (Wildman–Crippen MR) is 187 cm³/mol. The summed E-state index contributed by atoms with van der Waals surface area (Å²) in [6, 6.07) is 5.09. The molecule has 3 aliphatic heterocycles. The van der Waals surface area contributed by atoms with Crippen molar-refractivity contribution in [2.45, 2.75) is 56.4 Å². The molecule has 0 spiro atoms. The van der Waals surface area contributed by atoms with Crippen LogP contribution in [0.5, 0.6) is 6.01 Å². The van der Waals surface area contributed by atoms with Gasteiger partial charge in [-0.2, -0.15) is 25.0 Å². The zero-order valence-corrected chi connectivity index (χ0v) is 29.2. The molecule has 3 aromatic heterocycles. The number of carbonyl (C=O) groups excluding carboxylic acids is 1. The maximum atomic E-state index is 17.1. The molecule has 0 bridgehead atoms. The van der Waals surface area contributed by atoms with E-state index in [-0.39, 0.29) is 73.0 Å². The van der Waals surface area contributed by atoms with E-state index in [0.717, 1.165) is 35.4 Å². The van der Waals surface area contributed by atoms with Crippen molar-refractivity contribution in [3.05, 3.63) is 53.1 Å². The summed E-state index contributed by atoms with van der Waals surface area (Å²) >= 11 is 7.78. The molecule has 51 heavy (non-hydrogen) atoms. The highest BCUT2D eigenvalue weighted by Crippen LogP contribution is 2.46. The van der Waals surface area contributed by atoms with E-state index in [1.165, 1.54) is 24.8 Å². The number of hydrogen-bond acceptors (Lipinski definition) is 11. The summed E-state index contributed by atoms with van der Waals surface area (Å²) in [6.45, 7) is 3.61. The number of nitrogens with zero attached hydrogens (tertiary/aromatic N) is 9. The maximum absolute atomic E-state index is 17.1. The van der Waals surface area contributed by atoms with Gasteiger partial charge in [0.25, 0.3) is 0 Å². The fourth-order valence-corrected chi connectivity index (χ4v) is 9.44. The molecule has 0 saturated carbocycles. The van der Waals surface area contributed by atoms with Crippen LogP contribution in [0.2, 0.25) is 5.02 Å². The van der Waals surface area contributed by atoms with Crippen molar-refractivity contribution in [1.82, 2.24) is 34.5 Å². The van der Waals surface area contributed by atoms with Gasteiger partial charge in [0, 0.05) is 48.9 Å². The maximum Gasteiger partial charge on any atom is 0.346 e. The van der Waals surface area contributed by atoms with Crippen LogP contribution in [-0.4, -0.2) is 97.6 Å². The van der Waals surface area contributed by atoms with E-state index < -0.39 is 23.3 Å². The fraction of sp³-hybridized carbons (Fsp3) is 0.412. The van der Waals surface area contributed by atoms with Crippen molar-refractivity contribution in [2.24, 2.45) is 0 Å². The number of nitrogen functional groups attached to an aromatic ring is 1. The van der Waals surface area contributed by atoms with E-state index in [4.69, 9.17) is 27.1 Å². The number of likely N-dealkylation sites (N-methyl/N-ethyl adjacent to an activating group) is 1. The van der Waals surface area contributed by atoms with E-state index in [1.54, 1.807) is 18.0 Å². The van der Waals surface area contributed by atoms with E-state index in [1.807, 2.05) is 17.9 Å². The zero-order valence-electron chi connectivity index (χ0n) is 27.6. The van der Waals surface area contributed by atoms with Crippen molar-refractivity contribution in [3.63, 3.8) is 0 Å². The quantitative estimate of drug-likeness (QED) is 0.220. The van der Waals surface area contributed by atoms with Gasteiger partial charge in [-0.05, 0) is 50.4 Å². The molecule has 264 valence electrons. The Morgan fingerprint density at radius 2 is 2.12 bits per heavy atom. The lowest BCUT2D eigenvalue weighted by atomic mass is 9.95. The summed E-state index contributed by atoms with van der Waals surface area (Å²) < 4.78 is 54.2. The van der Waals surface area contributed by atoms with E-state index in [9.17, 15) is 18.8 Å². The van der Waals surface area contributed by atoms with Crippen molar-refractivity contribution in [2.75, 3.05) is 43.9 Å². The predicted octanol–water partition coefficient (Wildman–Crippen LogP) is 6.01. The fourth-order valence-electron chi connectivity index (χ4n) is 8.20. The number of fused-ring (bicyclic) bond motifs is 3. The Morgan fingerprint density at radius 1 is 1.29 bits per heavy atom. The number of rotatable bonds is 6. The van der Waals surface area contributed by atoms with Crippen LogP contribution in [0, 0.1) is 23.0 Å². The molecule has 3 aliphatic rings. The lowest BCUT2D eigenvalue weighted by Gasteiger charge is -2.32. The lowest BCUT2D eigenvalue weighted by molar-refractivity contribution is 0.107. The Hall–Kier alpha value is -4.72. The summed E-state index contributed by atoms with van der Waals surface area (Å²) in [5.74, 6) is -1.08. The molecule has 3 saturated heterocycles. The third kappa shape index (κ3) is 5.32. The van der Waals surface area contributed by atoms with Gasteiger partial charge in [0.05, 0.1) is 26.9 Å². The largest absolute Gasteiger partial charge is 0.461 e. The standard InChI is InChI=1S/C34H32ClF3N10O2S/c1-17-24(45(2)33(49)48-16-41-15-42-48)6-9-47(17)31-20-10-22(35)26(19-4-5-23(37)29-25(19)21(12-39)30(40)51-29)27(38)28(20)43-32(44-31)50-14-34-7-3-8-46(34)13-18(36)11-34/h4-5,10,15-18,24H,3,6-9,11,13-14,40H2,1-2H3/t17?,18-,24?,34+/m1/s1. The number of halogens is 4. The first-order chi connectivity index (χ1) is 24.5. The Balaban J connectivity index is 1.25. The van der Waals surface area contributed by atoms with Crippen LogP contribution in [-0.2, 0) is 0 Å². The molecule has 1 amide bonds. The molecule has 2 N–H and O–H groups in total. The number of hydrogen-bond donors (Lipinski definition) is 1. The topological polar surface area (TPSA) is 142 Å². The van der Waals surface area contributed by atoms with Crippen molar-refractivity contribution >= 4 is 60.8 Å². The number of benzene rings is 2. The first-order valence-electron chi connectivity index (χ1n) is 16.5. The molecule has 2 aromatic carbocycles. The van der Waals surface area contributed by atoms with Crippen LogP contribution in [0.1, 0.15) is 38.2 Å². The minimum atomic E-state index is -0.972. The summed E-state index contributed by atoms with van der Waals surface area (Å²) in [4.78, 5) is 32.1. The average molecular weight is 737 g/mol. The Labute approximate surface area is 299 Å². The second-order valence-corrected chi connectivity index (χ2v) is 14.9. The first kappa shape index (κ1) is 33.4. The first-order valence-corrected chi connectivity index (χ1v) is 17.7. The molecule has 3 fully saturated rings. The Morgan fingerprint density at radius 3 is 2.88 bits per heavy atom. The molecule has 8 rings (SSSR count). The van der Waals surface area contributed by atoms with Gasteiger partial charge < -0.3 is 20.3 Å². The molecule has 17 heteroatoms. The Kier molecular flexibility index (Phi) is 8.19. The highest BCUT2D eigenvalue weighted by Gasteiger charge is 2.49. The highest BCUT2D eigenvalue weighted by atomic mass is 35.5. The molecule has 0 radical (unpaired) electrons. The van der Waals surface area contributed by atoms with E-state index in [0.29, 0.717) is 37.1 Å². The molecular formula is C34H32ClF3N10O2S. The number of thiophene rings is 1. The smallest absolute Gasteiger partial charge is 0.346 e. The third-order valence-corrected chi connectivity index (χ3v) is 12.0. The second-order valence-electron chi connectivity index (χ2n) is 13.4. The number of aromatic nitrogens is 5. The van der Waals surface area contributed by atoms with Crippen LogP contribution in [0.4, 0.5) is 28.8 Å². The number of ether oxygens (including phenoxy) is 1. The number of amides is 1. The van der Waals surface area contributed by atoms with Gasteiger partial charge in [-0.15, -0.1) is 11.3 Å². The summed E-state index contributed by atoms with van der Waals surface area (Å²) in [6.07, 6.45) is 4.20. The zero-order chi connectivity index (χ0) is 35.8. The minimum Gasteiger partial charge on any atom is -0.461 e. The lowest BCUT2D eigenvalue weighted by Crippen LogP contribution is -2.46. The highest BCUT2D eigenvalue weighted by molar-refractivity contribution is 7.23. The molecule has 12 nitrogen and oxygen atoms in total. The van der Waals surface area contributed by atoms with Gasteiger partial charge in [0.15, 0.2) is 5.82 Å². The molecule has 6 heterocycles. The van der Waals surface area contributed by atoms with Gasteiger partial charge >= 0.3 is 12.0 Å². The molecule has 2 unspecified atom stereocenters. The van der Waals surface area contributed by atoms with Gasteiger partial charge in [-0.3, -0.25) is 4.90 Å². The molecular weight excluding hydrogens is 705 g/mol. The van der Waals surface area contributed by atoms with Crippen molar-refractivity contribution < 1.29 is 22.7 Å². The SMILES string of the molecule is CC1C(N(C)C(=O)n2cncn2)CCN1c1nc(OC[C@@]23CCCN2C[C@H](F)C3)nc2c(F)c(-c3ccc(F)c4sc(N)c(C#N)c34)c(Cl)cc12. The monoisotopic (exact) mass is 736 g/mol. The Bertz CT molecular complexity index is 2250. The second kappa shape index (κ2) is 12.5. The number of anilines is 2. The third-order valence-electron chi connectivity index (χ3n) is 10.7. The average Bonchev–Trinajstić information content (AvgIpc) is 3.94. The van der Waals surface area contributed by atoms with Gasteiger partial charge in [-0.25, -0.2) is 22.9 Å². The van der Waals surface area contributed by atoms with Gasteiger partial charge in [-0.1, -0.05) is 17.7 Å². The number of nitrogens with two attached hydrogens (primary N) is 1. The normalized spacial score (nSPS) is 23.3. The number of alkyl halides is 1. The van der Waals surface area contributed by atoms with E-state index in [2.05, 4.69) is 20.0 Å². The van der Waals surface area contributed by atoms with Crippen LogP contribution in [0.25, 0.3) is 32.1 Å². The van der Waals surface area contributed by atoms with Crippen molar-refractivity contribution in [3.8, 4) is 23.2 Å². The van der Waals surface area contributed by atoms with Crippen LogP contribution >= 0.6 is 22.9 Å². The molecule has 4 atom stereocenters. The number of carbonyl (C=O) groups is 1. The molecule has 0 aliphatic carbocycles. The van der Waals surface area contributed by atoms with Gasteiger partial charge in [0.2, 0.25) is 0 Å². The summed E-state index contributed by atoms with van der Waals surface area (Å²) in [7, 11) is 1.69. The van der Waals surface area contributed by atoms with E-state index >= 15 is 4.39 Å². The van der Waals surface area contributed by atoms with Crippen LogP contribution in [0.3, 0.4) is 0 Å². The molecule has 5 aromatic rings. The van der Waals surface area contributed by atoms with Crippen LogP contribution < -0.4 is 15.4 Å².